The molecule has 118 valence electrons. The molecule has 3 heteroatoms. The number of ketones is 1. The first-order valence-corrected chi connectivity index (χ1v) is 12.0. The van der Waals surface area contributed by atoms with Crippen molar-refractivity contribution in [3.63, 3.8) is 0 Å². The van der Waals surface area contributed by atoms with Gasteiger partial charge in [-0.3, -0.25) is 4.79 Å². The fourth-order valence-electron chi connectivity index (χ4n) is 5.39. The van der Waals surface area contributed by atoms with Gasteiger partial charge in [-0.25, -0.2) is 0 Å². The van der Waals surface area contributed by atoms with Crippen LogP contribution in [0, 0.1) is 11.3 Å². The Morgan fingerprint density at radius 1 is 1.14 bits per heavy atom. The highest BCUT2D eigenvalue weighted by atomic mass is 28.3. The van der Waals surface area contributed by atoms with Crippen molar-refractivity contribution in [3.8, 4) is 0 Å². The highest BCUT2D eigenvalue weighted by molar-refractivity contribution is 6.82. The van der Waals surface area contributed by atoms with Crippen LogP contribution in [0.3, 0.4) is 0 Å². The zero-order valence-electron chi connectivity index (χ0n) is 14.3. The van der Waals surface area contributed by atoms with Crippen LogP contribution in [0.1, 0.15) is 49.0 Å². The summed E-state index contributed by atoms with van der Waals surface area (Å²) in [7, 11) is -1.79. The SMILES string of the molecule is CC1(C)C[C@H]2C[C@@]3([Si](C)(C)C)O[C@]2(C1)c1ccccc1C3=O. The first-order valence-electron chi connectivity index (χ1n) is 8.46. The summed E-state index contributed by atoms with van der Waals surface area (Å²) in [5.74, 6) is 0.752. The second-order valence-corrected chi connectivity index (χ2v) is 14.7. The summed E-state index contributed by atoms with van der Waals surface area (Å²) in [6.45, 7) is 11.6. The molecule has 2 nitrogen and oxygen atoms in total. The Balaban J connectivity index is 1.99. The normalized spacial score (nSPS) is 38.8. The van der Waals surface area contributed by atoms with Gasteiger partial charge >= 0.3 is 0 Å². The molecule has 0 unspecified atom stereocenters. The average molecular weight is 315 g/mol. The summed E-state index contributed by atoms with van der Waals surface area (Å²) in [5.41, 5.74) is 2.19. The van der Waals surface area contributed by atoms with Gasteiger partial charge in [0.25, 0.3) is 0 Å². The van der Waals surface area contributed by atoms with Crippen LogP contribution in [0.15, 0.2) is 24.3 Å². The second-order valence-electron chi connectivity index (χ2n) is 9.39. The number of Topliss-reactive ketones (excluding diaryl/α,β-unsaturated/α-hetero) is 1. The van der Waals surface area contributed by atoms with E-state index in [2.05, 4.69) is 45.6 Å². The van der Waals surface area contributed by atoms with Crippen LogP contribution in [0.4, 0.5) is 0 Å². The van der Waals surface area contributed by atoms with Crippen molar-refractivity contribution in [2.45, 2.75) is 63.6 Å². The average Bonchev–Trinajstić information content (AvgIpc) is 2.81. The molecule has 1 spiro atoms. The van der Waals surface area contributed by atoms with Gasteiger partial charge in [0, 0.05) is 5.56 Å². The summed E-state index contributed by atoms with van der Waals surface area (Å²) in [5, 5.41) is -0.511. The molecule has 2 bridgehead atoms. The minimum atomic E-state index is -1.79. The van der Waals surface area contributed by atoms with Crippen molar-refractivity contribution in [2.75, 3.05) is 0 Å². The van der Waals surface area contributed by atoms with E-state index in [4.69, 9.17) is 4.74 Å². The van der Waals surface area contributed by atoms with Crippen molar-refractivity contribution in [2.24, 2.45) is 11.3 Å². The van der Waals surface area contributed by atoms with Gasteiger partial charge in [0.15, 0.2) is 5.78 Å². The molecule has 1 saturated heterocycles. The van der Waals surface area contributed by atoms with E-state index in [0.717, 1.165) is 18.4 Å². The van der Waals surface area contributed by atoms with Crippen molar-refractivity contribution in [3.05, 3.63) is 35.4 Å². The molecule has 22 heavy (non-hydrogen) atoms. The topological polar surface area (TPSA) is 26.3 Å². The first kappa shape index (κ1) is 14.6. The molecule has 0 radical (unpaired) electrons. The quantitative estimate of drug-likeness (QED) is 0.711. The van der Waals surface area contributed by atoms with Gasteiger partial charge in [-0.15, -0.1) is 0 Å². The van der Waals surface area contributed by atoms with E-state index in [1.807, 2.05) is 12.1 Å². The Morgan fingerprint density at radius 3 is 2.50 bits per heavy atom. The van der Waals surface area contributed by atoms with E-state index in [0.29, 0.717) is 11.3 Å². The lowest BCUT2D eigenvalue weighted by Gasteiger charge is -2.46. The second kappa shape index (κ2) is 3.93. The third-order valence-electron chi connectivity index (χ3n) is 6.30. The molecule has 1 saturated carbocycles. The summed E-state index contributed by atoms with van der Waals surface area (Å²) >= 11 is 0. The Bertz CT molecular complexity index is 672. The predicted octanol–water partition coefficient (Wildman–Crippen LogP) is 4.55. The number of benzene rings is 1. The van der Waals surface area contributed by atoms with Crippen LogP contribution in [-0.2, 0) is 10.3 Å². The summed E-state index contributed by atoms with van der Waals surface area (Å²) in [6, 6.07) is 8.24. The van der Waals surface area contributed by atoms with Crippen LogP contribution in [0.25, 0.3) is 0 Å². The van der Waals surface area contributed by atoms with Crippen molar-refractivity contribution < 1.29 is 9.53 Å². The maximum absolute atomic E-state index is 13.3. The van der Waals surface area contributed by atoms with Gasteiger partial charge in [0.2, 0.25) is 0 Å². The molecule has 1 aliphatic carbocycles. The van der Waals surface area contributed by atoms with Gasteiger partial charge in [-0.05, 0) is 36.2 Å². The first-order chi connectivity index (χ1) is 10.1. The number of ether oxygens (including phenoxy) is 1. The molecular formula is C19H26O2Si. The van der Waals surface area contributed by atoms with E-state index in [-0.39, 0.29) is 11.4 Å². The molecule has 0 amide bonds. The fraction of sp³-hybridized carbons (Fsp3) is 0.632. The van der Waals surface area contributed by atoms with Gasteiger partial charge in [-0.2, -0.15) is 0 Å². The fourth-order valence-corrected chi connectivity index (χ4v) is 7.56. The molecule has 1 aromatic rings. The van der Waals surface area contributed by atoms with Crippen molar-refractivity contribution in [1.29, 1.82) is 0 Å². The summed E-state index contributed by atoms with van der Waals surface area (Å²) < 4.78 is 6.85. The zero-order valence-corrected chi connectivity index (χ0v) is 15.3. The molecule has 3 atom stereocenters. The Morgan fingerprint density at radius 2 is 1.82 bits per heavy atom. The van der Waals surface area contributed by atoms with Gasteiger partial charge in [0.1, 0.15) is 5.22 Å². The largest absolute Gasteiger partial charge is 0.359 e. The maximum atomic E-state index is 13.3. The van der Waals surface area contributed by atoms with Gasteiger partial charge < -0.3 is 4.74 Å². The maximum Gasteiger partial charge on any atom is 0.191 e. The molecule has 2 heterocycles. The lowest BCUT2D eigenvalue weighted by atomic mass is 9.81. The molecule has 0 N–H and O–H groups in total. The molecule has 1 aromatic carbocycles. The predicted molar refractivity (Wildman–Crippen MR) is 90.7 cm³/mol. The monoisotopic (exact) mass is 314 g/mol. The van der Waals surface area contributed by atoms with Crippen LogP contribution in [-0.4, -0.2) is 19.1 Å². The van der Waals surface area contributed by atoms with Crippen molar-refractivity contribution in [1.82, 2.24) is 0 Å². The van der Waals surface area contributed by atoms with E-state index in [9.17, 15) is 4.79 Å². The van der Waals surface area contributed by atoms with E-state index < -0.39 is 13.3 Å². The Hall–Kier alpha value is -0.933. The molecule has 4 rings (SSSR count). The van der Waals surface area contributed by atoms with Gasteiger partial charge in [-0.1, -0.05) is 57.8 Å². The summed E-state index contributed by atoms with van der Waals surface area (Å²) in [4.78, 5) is 13.3. The summed E-state index contributed by atoms with van der Waals surface area (Å²) in [6.07, 6.45) is 3.14. The Kier molecular flexibility index (Phi) is 2.62. The number of carbonyl (C=O) groups excluding carboxylic acids is 1. The Labute approximate surface area is 134 Å². The highest BCUT2D eigenvalue weighted by Crippen LogP contribution is 2.67. The number of hydrogen-bond donors (Lipinski definition) is 0. The molecule has 0 aromatic heterocycles. The van der Waals surface area contributed by atoms with E-state index >= 15 is 0 Å². The number of hydrogen-bond acceptors (Lipinski definition) is 2. The van der Waals surface area contributed by atoms with Crippen LogP contribution in [0.5, 0.6) is 0 Å². The van der Waals surface area contributed by atoms with Crippen molar-refractivity contribution >= 4 is 13.9 Å². The highest BCUT2D eigenvalue weighted by Gasteiger charge is 2.71. The molecular weight excluding hydrogens is 288 g/mol. The minimum Gasteiger partial charge on any atom is -0.359 e. The number of rotatable bonds is 1. The third kappa shape index (κ3) is 1.56. The van der Waals surface area contributed by atoms with Gasteiger partial charge in [0.05, 0.1) is 13.7 Å². The third-order valence-corrected chi connectivity index (χ3v) is 9.25. The number of carbonyl (C=O) groups is 1. The van der Waals surface area contributed by atoms with Crippen LogP contribution in [0.2, 0.25) is 19.6 Å². The smallest absolute Gasteiger partial charge is 0.191 e. The standard InChI is InChI=1S/C19H26O2Si/c1-17(2)10-13-11-19(22(3,4)5)16(20)14-8-6-7-9-15(14)18(13,12-17)21-19/h6-9,13H,10-12H2,1-5H3/t13-,18-,19-/m0/s1. The zero-order chi connectivity index (χ0) is 16.0. The minimum absolute atomic E-state index is 0.214. The van der Waals surface area contributed by atoms with E-state index in [1.165, 1.54) is 12.0 Å². The van der Waals surface area contributed by atoms with Crippen LogP contribution < -0.4 is 0 Å². The lowest BCUT2D eigenvalue weighted by molar-refractivity contribution is -0.0787. The van der Waals surface area contributed by atoms with Crippen LogP contribution >= 0.6 is 0 Å². The molecule has 2 fully saturated rings. The molecule has 3 aliphatic rings. The molecule has 2 aliphatic heterocycles. The van der Waals surface area contributed by atoms with E-state index in [1.54, 1.807) is 0 Å². The number of fused-ring (bicyclic) bond motifs is 2. The lowest BCUT2D eigenvalue weighted by Crippen LogP contribution is -2.61.